The molecule has 1 aromatic carbocycles. The van der Waals surface area contributed by atoms with E-state index < -0.39 is 0 Å². The Kier molecular flexibility index (Phi) is 7.13. The largest absolute Gasteiger partial charge is 0.352 e. The molecule has 1 saturated carbocycles. The number of benzene rings is 1. The van der Waals surface area contributed by atoms with E-state index in [2.05, 4.69) is 36.3 Å². The van der Waals surface area contributed by atoms with Crippen LogP contribution in [0.25, 0.3) is 0 Å². The lowest BCUT2D eigenvalue weighted by atomic mass is 9.87. The molecular weight excluding hydrogens is 380 g/mol. The van der Waals surface area contributed by atoms with Gasteiger partial charge in [-0.1, -0.05) is 32.9 Å². The molecule has 3 amide bonds. The van der Waals surface area contributed by atoms with Crippen molar-refractivity contribution in [1.29, 1.82) is 0 Å². The third-order valence-corrected chi connectivity index (χ3v) is 5.67. The van der Waals surface area contributed by atoms with Gasteiger partial charge in [0.15, 0.2) is 0 Å². The van der Waals surface area contributed by atoms with Gasteiger partial charge in [0.2, 0.25) is 11.8 Å². The Morgan fingerprint density at radius 3 is 2.20 bits per heavy atom. The summed E-state index contributed by atoms with van der Waals surface area (Å²) in [6.45, 7) is 9.79. The fourth-order valence-electron chi connectivity index (χ4n) is 3.52. The molecule has 7 heteroatoms. The number of hydrogen-bond acceptors (Lipinski definition) is 4. The number of nitrogens with one attached hydrogen (secondary N) is 2. The van der Waals surface area contributed by atoms with Crippen LogP contribution < -0.4 is 10.6 Å². The minimum atomic E-state index is -0.158. The van der Waals surface area contributed by atoms with E-state index in [4.69, 9.17) is 0 Å². The van der Waals surface area contributed by atoms with E-state index in [1.807, 2.05) is 29.2 Å². The lowest BCUT2D eigenvalue weighted by Gasteiger charge is -2.34. The summed E-state index contributed by atoms with van der Waals surface area (Å²) in [6.07, 6.45) is 2.47. The third kappa shape index (κ3) is 6.55. The highest BCUT2D eigenvalue weighted by Gasteiger charge is 2.26. The first kappa shape index (κ1) is 22.3. The van der Waals surface area contributed by atoms with Gasteiger partial charge in [0.1, 0.15) is 0 Å². The molecule has 0 unspecified atom stereocenters. The van der Waals surface area contributed by atoms with Crippen molar-refractivity contribution in [3.8, 4) is 0 Å². The van der Waals surface area contributed by atoms with Crippen LogP contribution in [0.4, 0.5) is 0 Å². The molecule has 1 aliphatic heterocycles. The quantitative estimate of drug-likeness (QED) is 0.709. The van der Waals surface area contributed by atoms with Crippen LogP contribution in [0.1, 0.15) is 56.0 Å². The zero-order valence-corrected chi connectivity index (χ0v) is 18.4. The molecule has 164 valence electrons. The van der Waals surface area contributed by atoms with Crippen molar-refractivity contribution in [2.75, 3.05) is 39.3 Å². The fourth-order valence-corrected chi connectivity index (χ4v) is 3.52. The standard InChI is InChI=1S/C23H34N4O3/c1-23(2,3)18-6-4-17(5-7-18)22(30)24-11-10-21(29)27-14-12-26(13-15-27)16-20(28)25-19-8-9-19/h4-7,19H,8-16H2,1-3H3,(H,24,30)(H,25,28). The summed E-state index contributed by atoms with van der Waals surface area (Å²) >= 11 is 0. The number of nitrogens with zero attached hydrogens (tertiary/aromatic N) is 2. The number of carbonyl (C=O) groups excluding carboxylic acids is 3. The fraction of sp³-hybridized carbons (Fsp3) is 0.609. The van der Waals surface area contributed by atoms with E-state index in [-0.39, 0.29) is 29.6 Å². The van der Waals surface area contributed by atoms with Crippen molar-refractivity contribution in [2.24, 2.45) is 0 Å². The number of hydrogen-bond donors (Lipinski definition) is 2. The van der Waals surface area contributed by atoms with Gasteiger partial charge in [0.25, 0.3) is 5.91 Å². The van der Waals surface area contributed by atoms with E-state index in [0.29, 0.717) is 50.9 Å². The Bertz CT molecular complexity index is 758. The Morgan fingerprint density at radius 2 is 1.63 bits per heavy atom. The highest BCUT2D eigenvalue weighted by atomic mass is 16.2. The number of amides is 3. The van der Waals surface area contributed by atoms with Gasteiger partial charge in [-0.2, -0.15) is 0 Å². The minimum Gasteiger partial charge on any atom is -0.352 e. The predicted molar refractivity (Wildman–Crippen MR) is 116 cm³/mol. The first-order valence-corrected chi connectivity index (χ1v) is 10.9. The zero-order chi connectivity index (χ0) is 21.7. The second kappa shape index (κ2) is 9.60. The van der Waals surface area contributed by atoms with Gasteiger partial charge in [-0.15, -0.1) is 0 Å². The average Bonchev–Trinajstić information content (AvgIpc) is 3.51. The van der Waals surface area contributed by atoms with Gasteiger partial charge in [-0.25, -0.2) is 0 Å². The molecule has 2 aliphatic rings. The predicted octanol–water partition coefficient (Wildman–Crippen LogP) is 1.53. The maximum atomic E-state index is 12.4. The van der Waals surface area contributed by atoms with Crippen molar-refractivity contribution in [2.45, 2.75) is 51.5 Å². The van der Waals surface area contributed by atoms with Crippen LogP contribution in [-0.4, -0.2) is 72.8 Å². The summed E-state index contributed by atoms with van der Waals surface area (Å²) in [4.78, 5) is 40.5. The molecule has 1 saturated heterocycles. The first-order valence-electron chi connectivity index (χ1n) is 10.9. The van der Waals surface area contributed by atoms with Crippen LogP contribution in [0.5, 0.6) is 0 Å². The molecule has 0 spiro atoms. The summed E-state index contributed by atoms with van der Waals surface area (Å²) in [5.41, 5.74) is 1.83. The van der Waals surface area contributed by atoms with E-state index in [0.717, 1.165) is 12.8 Å². The molecule has 1 aromatic rings. The SMILES string of the molecule is CC(C)(C)c1ccc(C(=O)NCCC(=O)N2CCN(CC(=O)NC3CC3)CC2)cc1. The zero-order valence-electron chi connectivity index (χ0n) is 18.4. The molecule has 0 radical (unpaired) electrons. The normalized spacial score (nSPS) is 17.5. The van der Waals surface area contributed by atoms with E-state index in [1.54, 1.807) is 0 Å². The van der Waals surface area contributed by atoms with E-state index in [1.165, 1.54) is 5.56 Å². The minimum absolute atomic E-state index is 0.0421. The third-order valence-electron chi connectivity index (χ3n) is 5.67. The average molecular weight is 415 g/mol. The number of piperazine rings is 1. The van der Waals surface area contributed by atoms with Crippen LogP contribution >= 0.6 is 0 Å². The monoisotopic (exact) mass is 414 g/mol. The molecule has 2 fully saturated rings. The summed E-state index contributed by atoms with van der Waals surface area (Å²) in [5.74, 6) is -0.0364. The highest BCUT2D eigenvalue weighted by molar-refractivity contribution is 5.94. The smallest absolute Gasteiger partial charge is 0.251 e. The molecule has 7 nitrogen and oxygen atoms in total. The van der Waals surface area contributed by atoms with Crippen LogP contribution in [0.15, 0.2) is 24.3 Å². The molecular formula is C23H34N4O3. The Labute approximate surface area is 179 Å². The van der Waals surface area contributed by atoms with Crippen molar-refractivity contribution >= 4 is 17.7 Å². The van der Waals surface area contributed by atoms with Gasteiger partial charge in [0.05, 0.1) is 6.54 Å². The molecule has 0 bridgehead atoms. The van der Waals surface area contributed by atoms with Gasteiger partial charge in [0, 0.05) is 50.7 Å². The van der Waals surface area contributed by atoms with Gasteiger partial charge in [-0.3, -0.25) is 19.3 Å². The summed E-state index contributed by atoms with van der Waals surface area (Å²) in [6, 6.07) is 7.99. The Morgan fingerprint density at radius 1 is 1.00 bits per heavy atom. The molecule has 2 N–H and O–H groups in total. The lowest BCUT2D eigenvalue weighted by Crippen LogP contribution is -2.51. The van der Waals surface area contributed by atoms with Crippen LogP contribution in [0, 0.1) is 0 Å². The number of rotatable bonds is 7. The van der Waals surface area contributed by atoms with Crippen LogP contribution in [0.2, 0.25) is 0 Å². The summed E-state index contributed by atoms with van der Waals surface area (Å²) in [7, 11) is 0. The first-order chi connectivity index (χ1) is 14.2. The maximum absolute atomic E-state index is 12.4. The molecule has 30 heavy (non-hydrogen) atoms. The summed E-state index contributed by atoms with van der Waals surface area (Å²) in [5, 5.41) is 5.83. The van der Waals surface area contributed by atoms with Crippen LogP contribution in [-0.2, 0) is 15.0 Å². The van der Waals surface area contributed by atoms with Crippen LogP contribution in [0.3, 0.4) is 0 Å². The molecule has 0 atom stereocenters. The number of carbonyl (C=O) groups is 3. The molecule has 0 aromatic heterocycles. The van der Waals surface area contributed by atoms with E-state index in [9.17, 15) is 14.4 Å². The van der Waals surface area contributed by atoms with E-state index >= 15 is 0 Å². The molecule has 1 aliphatic carbocycles. The van der Waals surface area contributed by atoms with Crippen molar-refractivity contribution in [3.63, 3.8) is 0 Å². The van der Waals surface area contributed by atoms with Crippen molar-refractivity contribution in [3.05, 3.63) is 35.4 Å². The molecule has 1 heterocycles. The van der Waals surface area contributed by atoms with Crippen molar-refractivity contribution in [1.82, 2.24) is 20.4 Å². The van der Waals surface area contributed by atoms with Crippen molar-refractivity contribution < 1.29 is 14.4 Å². The Balaban J connectivity index is 1.34. The van der Waals surface area contributed by atoms with Gasteiger partial charge >= 0.3 is 0 Å². The van der Waals surface area contributed by atoms with Gasteiger partial charge in [-0.05, 0) is 36.0 Å². The molecule has 3 rings (SSSR count). The summed E-state index contributed by atoms with van der Waals surface area (Å²) < 4.78 is 0. The Hall–Kier alpha value is -2.41. The van der Waals surface area contributed by atoms with Gasteiger partial charge < -0.3 is 15.5 Å². The second-order valence-corrected chi connectivity index (χ2v) is 9.33. The lowest BCUT2D eigenvalue weighted by molar-refractivity contribution is -0.133. The topological polar surface area (TPSA) is 81.8 Å². The second-order valence-electron chi connectivity index (χ2n) is 9.33. The highest BCUT2D eigenvalue weighted by Crippen LogP contribution is 2.22. The maximum Gasteiger partial charge on any atom is 0.251 e.